The number of fused-ring (bicyclic) bond motifs is 1. The Hall–Kier alpha value is -2.40. The number of nitrogens with zero attached hydrogens (tertiary/aromatic N) is 1. The van der Waals surface area contributed by atoms with E-state index in [1.54, 1.807) is 4.90 Å². The minimum absolute atomic E-state index is 0.0119. The number of rotatable bonds is 5. The number of benzene rings is 2. The molecule has 26 heavy (non-hydrogen) atoms. The van der Waals surface area contributed by atoms with E-state index >= 15 is 0 Å². The van der Waals surface area contributed by atoms with Crippen molar-refractivity contribution >= 4 is 22.6 Å². The Kier molecular flexibility index (Phi) is 5.57. The van der Waals surface area contributed by atoms with Crippen LogP contribution in [-0.4, -0.2) is 47.2 Å². The molecule has 1 aliphatic heterocycles. The van der Waals surface area contributed by atoms with Crippen LogP contribution in [0, 0.1) is 5.92 Å². The molecule has 1 heterocycles. The molecular formula is C21H25NO4. The Balaban J connectivity index is 1.75. The number of carboxylic acid groups (broad SMARTS) is 1. The first-order valence-corrected chi connectivity index (χ1v) is 9.06. The molecule has 0 radical (unpaired) electrons. The van der Waals surface area contributed by atoms with Crippen LogP contribution in [0.4, 0.5) is 0 Å². The maximum absolute atomic E-state index is 12.7. The van der Waals surface area contributed by atoms with Crippen LogP contribution in [0.1, 0.15) is 25.8 Å². The first kappa shape index (κ1) is 18.4. The minimum Gasteiger partial charge on any atom is -0.481 e. The monoisotopic (exact) mass is 355 g/mol. The van der Waals surface area contributed by atoms with Gasteiger partial charge < -0.3 is 14.7 Å². The molecule has 3 atom stereocenters. The van der Waals surface area contributed by atoms with Gasteiger partial charge >= 0.3 is 5.97 Å². The zero-order chi connectivity index (χ0) is 18.7. The molecule has 0 bridgehead atoms. The molecule has 2 aromatic rings. The van der Waals surface area contributed by atoms with Crippen molar-refractivity contribution in [2.24, 2.45) is 5.92 Å². The molecule has 0 aromatic heterocycles. The number of hydrogen-bond donors (Lipinski definition) is 1. The maximum Gasteiger partial charge on any atom is 0.307 e. The predicted octanol–water partition coefficient (Wildman–Crippen LogP) is 3.11. The van der Waals surface area contributed by atoms with Crippen LogP contribution in [0.15, 0.2) is 42.5 Å². The van der Waals surface area contributed by atoms with Gasteiger partial charge in [0.15, 0.2) is 0 Å². The number of ether oxygens (including phenoxy) is 1. The van der Waals surface area contributed by atoms with Crippen LogP contribution in [-0.2, 0) is 20.7 Å². The van der Waals surface area contributed by atoms with E-state index in [1.807, 2.05) is 56.3 Å². The van der Waals surface area contributed by atoms with E-state index in [0.717, 1.165) is 16.3 Å². The second-order valence-corrected chi connectivity index (χ2v) is 7.14. The fraction of sp³-hybridized carbons (Fsp3) is 0.429. The number of aliphatic carboxylic acids is 1. The lowest BCUT2D eigenvalue weighted by Gasteiger charge is -2.35. The molecule has 2 aromatic carbocycles. The third kappa shape index (κ3) is 4.22. The molecule has 1 amide bonds. The van der Waals surface area contributed by atoms with Crippen LogP contribution in [0.5, 0.6) is 0 Å². The molecule has 1 N–H and O–H groups in total. The third-order valence-corrected chi connectivity index (χ3v) is 4.89. The Morgan fingerprint density at radius 3 is 2.46 bits per heavy atom. The molecule has 0 spiro atoms. The highest BCUT2D eigenvalue weighted by molar-refractivity contribution is 5.87. The molecule has 5 nitrogen and oxygen atoms in total. The Morgan fingerprint density at radius 1 is 1.12 bits per heavy atom. The van der Waals surface area contributed by atoms with Crippen molar-refractivity contribution in [2.45, 2.75) is 38.9 Å². The lowest BCUT2D eigenvalue weighted by Crippen LogP contribution is -2.48. The van der Waals surface area contributed by atoms with E-state index < -0.39 is 11.9 Å². The predicted molar refractivity (Wildman–Crippen MR) is 100.0 cm³/mol. The smallest absolute Gasteiger partial charge is 0.307 e. The van der Waals surface area contributed by atoms with Gasteiger partial charge in [0.2, 0.25) is 5.91 Å². The van der Waals surface area contributed by atoms with Gasteiger partial charge in [0.25, 0.3) is 0 Å². The van der Waals surface area contributed by atoms with Gasteiger partial charge in [0.1, 0.15) is 0 Å². The average molecular weight is 355 g/mol. The number of amides is 1. The highest BCUT2D eigenvalue weighted by Crippen LogP contribution is 2.23. The van der Waals surface area contributed by atoms with Crippen molar-refractivity contribution in [1.82, 2.24) is 4.90 Å². The summed E-state index contributed by atoms with van der Waals surface area (Å²) in [6, 6.07) is 13.8. The van der Waals surface area contributed by atoms with Crippen LogP contribution >= 0.6 is 0 Å². The van der Waals surface area contributed by atoms with Gasteiger partial charge in [-0.2, -0.15) is 0 Å². The van der Waals surface area contributed by atoms with E-state index in [4.69, 9.17) is 4.74 Å². The molecule has 1 saturated heterocycles. The molecule has 0 saturated carbocycles. The second kappa shape index (κ2) is 7.87. The van der Waals surface area contributed by atoms with Gasteiger partial charge in [-0.1, -0.05) is 42.5 Å². The van der Waals surface area contributed by atoms with Gasteiger partial charge in [0, 0.05) is 19.5 Å². The van der Waals surface area contributed by atoms with Gasteiger partial charge in [-0.3, -0.25) is 9.59 Å². The van der Waals surface area contributed by atoms with Crippen molar-refractivity contribution in [1.29, 1.82) is 0 Å². The molecular weight excluding hydrogens is 330 g/mol. The van der Waals surface area contributed by atoms with Gasteiger partial charge in [-0.25, -0.2) is 0 Å². The summed E-state index contributed by atoms with van der Waals surface area (Å²) in [5.74, 6) is -1.78. The lowest BCUT2D eigenvalue weighted by atomic mass is 9.92. The van der Waals surface area contributed by atoms with Crippen LogP contribution in [0.2, 0.25) is 0 Å². The summed E-state index contributed by atoms with van der Waals surface area (Å²) in [5, 5.41) is 11.8. The topological polar surface area (TPSA) is 66.8 Å². The Morgan fingerprint density at radius 2 is 1.77 bits per heavy atom. The fourth-order valence-corrected chi connectivity index (χ4v) is 3.70. The maximum atomic E-state index is 12.7. The first-order valence-electron chi connectivity index (χ1n) is 9.06. The van der Waals surface area contributed by atoms with Crippen molar-refractivity contribution in [3.8, 4) is 0 Å². The minimum atomic E-state index is -0.930. The molecule has 0 aliphatic carbocycles. The number of hydrogen-bond acceptors (Lipinski definition) is 3. The Bertz CT molecular complexity index is 788. The van der Waals surface area contributed by atoms with Crippen LogP contribution < -0.4 is 0 Å². The number of carbonyl (C=O) groups is 2. The number of morpholine rings is 1. The summed E-state index contributed by atoms with van der Waals surface area (Å²) in [6.45, 7) is 4.90. The first-order chi connectivity index (χ1) is 12.4. The number of carboxylic acids is 1. The second-order valence-electron chi connectivity index (χ2n) is 7.14. The van der Waals surface area contributed by atoms with Crippen molar-refractivity contribution in [3.05, 3.63) is 48.0 Å². The van der Waals surface area contributed by atoms with Crippen LogP contribution in [0.25, 0.3) is 10.8 Å². The fourth-order valence-electron chi connectivity index (χ4n) is 3.70. The van der Waals surface area contributed by atoms with Crippen LogP contribution in [0.3, 0.4) is 0 Å². The molecule has 3 unspecified atom stereocenters. The highest BCUT2D eigenvalue weighted by Gasteiger charge is 2.29. The third-order valence-electron chi connectivity index (χ3n) is 4.89. The van der Waals surface area contributed by atoms with E-state index in [2.05, 4.69) is 0 Å². The molecule has 1 fully saturated rings. The normalized spacial score (nSPS) is 21.5. The summed E-state index contributed by atoms with van der Waals surface area (Å²) < 4.78 is 5.65. The van der Waals surface area contributed by atoms with Crippen molar-refractivity contribution in [3.63, 3.8) is 0 Å². The SMILES string of the molecule is CC1CN(C(=O)CC(Cc2cccc3ccccc23)C(=O)O)CC(C)O1. The van der Waals surface area contributed by atoms with Gasteiger partial charge in [-0.05, 0) is 36.6 Å². The average Bonchev–Trinajstić information content (AvgIpc) is 2.60. The highest BCUT2D eigenvalue weighted by atomic mass is 16.5. The zero-order valence-electron chi connectivity index (χ0n) is 15.2. The summed E-state index contributed by atoms with van der Waals surface area (Å²) >= 11 is 0. The summed E-state index contributed by atoms with van der Waals surface area (Å²) in [7, 11) is 0. The molecule has 138 valence electrons. The van der Waals surface area contributed by atoms with Gasteiger partial charge in [0.05, 0.1) is 18.1 Å². The summed E-state index contributed by atoms with van der Waals surface area (Å²) in [5.41, 5.74) is 0.965. The number of carbonyl (C=O) groups excluding carboxylic acids is 1. The van der Waals surface area contributed by atoms with Gasteiger partial charge in [-0.15, -0.1) is 0 Å². The van der Waals surface area contributed by atoms with Crippen molar-refractivity contribution < 1.29 is 19.4 Å². The van der Waals surface area contributed by atoms with Crippen molar-refractivity contribution in [2.75, 3.05) is 13.1 Å². The zero-order valence-corrected chi connectivity index (χ0v) is 15.2. The lowest BCUT2D eigenvalue weighted by molar-refractivity contribution is -0.150. The summed E-state index contributed by atoms with van der Waals surface area (Å²) in [4.78, 5) is 26.2. The molecule has 3 rings (SSSR count). The molecule has 1 aliphatic rings. The Labute approximate surface area is 153 Å². The van der Waals surface area contributed by atoms with E-state index in [9.17, 15) is 14.7 Å². The quantitative estimate of drug-likeness (QED) is 0.895. The van der Waals surface area contributed by atoms with E-state index in [0.29, 0.717) is 19.5 Å². The largest absolute Gasteiger partial charge is 0.481 e. The molecule has 5 heteroatoms. The van der Waals surface area contributed by atoms with E-state index in [1.165, 1.54) is 0 Å². The summed E-state index contributed by atoms with van der Waals surface area (Å²) in [6.07, 6.45) is 0.309. The standard InChI is InChI=1S/C21H25NO4/c1-14-12-22(13-15(2)26-14)20(23)11-18(21(24)25)10-17-8-5-7-16-6-3-4-9-19(16)17/h3-9,14-15,18H,10-13H2,1-2H3,(H,24,25). The van der Waals surface area contributed by atoms with E-state index in [-0.39, 0.29) is 24.5 Å².